The third-order valence-corrected chi connectivity index (χ3v) is 18.8. The lowest BCUT2D eigenvalue weighted by atomic mass is 9.87. The molecule has 0 bridgehead atoms. The van der Waals surface area contributed by atoms with Crippen molar-refractivity contribution in [3.8, 4) is 0 Å². The Labute approximate surface area is 566 Å². The van der Waals surface area contributed by atoms with Gasteiger partial charge in [-0.05, 0) is 45.4 Å². The predicted molar refractivity (Wildman–Crippen MR) is 347 cm³/mol. The SMILES string of the molecule is CCCCCCCCC=CCCCCCCCC(=O)NC(COC1OC(CO)C(OC2OC(CO)C(OC3OC(CO)C(O)C(O)C3CC(C)=O)C(OC3(C(=O)O)CC(O)C(NC(C)=O)C(C(O)C(O)CO)O3)C2O)C(O)C1O)C(O)CCCCCCCCCCCCCCC. The van der Waals surface area contributed by atoms with E-state index in [1.807, 2.05) is 0 Å². The smallest absolute Gasteiger partial charge is 0.364 e. The van der Waals surface area contributed by atoms with Crippen LogP contribution in [0.3, 0.4) is 0 Å². The van der Waals surface area contributed by atoms with Crippen LogP contribution in [0.2, 0.25) is 0 Å². The average Bonchev–Trinajstić information content (AvgIpc) is 0.752. The number of carbonyl (C=O) groups is 4. The van der Waals surface area contributed by atoms with Crippen molar-refractivity contribution in [3.05, 3.63) is 12.2 Å². The topological polar surface area (TPSA) is 449 Å². The number of ketones is 1. The molecule has 23 atom stereocenters. The first kappa shape index (κ1) is 85.4. The van der Waals surface area contributed by atoms with Gasteiger partial charge in [0, 0.05) is 32.1 Å². The molecule has 0 radical (unpaired) electrons. The summed E-state index contributed by atoms with van der Waals surface area (Å²) < 4.78 is 48.1. The molecule has 23 unspecified atom stereocenters. The van der Waals surface area contributed by atoms with E-state index in [1.165, 1.54) is 89.9 Å². The molecule has 0 aromatic rings. The van der Waals surface area contributed by atoms with Crippen molar-refractivity contribution in [1.29, 1.82) is 0 Å². The van der Waals surface area contributed by atoms with Crippen LogP contribution in [0.1, 0.15) is 220 Å². The Morgan fingerprint density at radius 3 is 1.58 bits per heavy atom. The summed E-state index contributed by atoms with van der Waals surface area (Å²) in [5, 5.41) is 161. The van der Waals surface area contributed by atoms with Crippen LogP contribution >= 0.6 is 0 Å². The van der Waals surface area contributed by atoms with E-state index in [0.717, 1.165) is 78.1 Å². The van der Waals surface area contributed by atoms with Crippen molar-refractivity contribution >= 4 is 23.6 Å². The van der Waals surface area contributed by atoms with Gasteiger partial charge >= 0.3 is 5.97 Å². The van der Waals surface area contributed by atoms with Gasteiger partial charge in [-0.3, -0.25) is 9.59 Å². The summed E-state index contributed by atoms with van der Waals surface area (Å²) in [5.74, 6) is -8.52. The van der Waals surface area contributed by atoms with Crippen LogP contribution < -0.4 is 10.6 Å². The van der Waals surface area contributed by atoms with E-state index in [0.29, 0.717) is 19.3 Å². The first-order chi connectivity index (χ1) is 46.0. The second-order valence-electron chi connectivity index (χ2n) is 26.8. The molecule has 4 heterocycles. The molecule has 96 heavy (non-hydrogen) atoms. The first-order valence-electron chi connectivity index (χ1n) is 35.8. The fourth-order valence-corrected chi connectivity index (χ4v) is 13.1. The highest BCUT2D eigenvalue weighted by atomic mass is 16.8. The Kier molecular flexibility index (Phi) is 41.3. The highest BCUT2D eigenvalue weighted by molar-refractivity contribution is 5.77. The van der Waals surface area contributed by atoms with Crippen molar-refractivity contribution in [1.82, 2.24) is 10.6 Å². The molecule has 560 valence electrons. The highest BCUT2D eigenvalue weighted by Gasteiger charge is 2.61. The summed E-state index contributed by atoms with van der Waals surface area (Å²) >= 11 is 0. The number of nitrogens with one attached hydrogen (secondary N) is 2. The van der Waals surface area contributed by atoms with Gasteiger partial charge in [0.15, 0.2) is 18.9 Å². The van der Waals surface area contributed by atoms with Crippen LogP contribution in [0.5, 0.6) is 0 Å². The molecule has 0 aromatic carbocycles. The van der Waals surface area contributed by atoms with Crippen LogP contribution in [-0.2, 0) is 57.1 Å². The number of hydrogen-bond donors (Lipinski definition) is 16. The van der Waals surface area contributed by atoms with Crippen LogP contribution in [0.15, 0.2) is 12.2 Å². The van der Waals surface area contributed by atoms with Crippen LogP contribution in [0, 0.1) is 5.92 Å². The molecule has 4 rings (SSSR count). The van der Waals surface area contributed by atoms with Crippen molar-refractivity contribution < 1.29 is 129 Å². The van der Waals surface area contributed by atoms with Crippen molar-refractivity contribution in [2.75, 3.05) is 33.0 Å². The van der Waals surface area contributed by atoms with Crippen LogP contribution in [0.4, 0.5) is 0 Å². The van der Waals surface area contributed by atoms with E-state index in [-0.39, 0.29) is 12.3 Å². The zero-order valence-electron chi connectivity index (χ0n) is 57.3. The zero-order chi connectivity index (χ0) is 70.7. The molecule has 0 aromatic heterocycles. The number of hydrogen-bond acceptors (Lipinski definition) is 25. The molecule has 0 aliphatic carbocycles. The Hall–Kier alpha value is -3.02. The molecule has 28 nitrogen and oxygen atoms in total. The molecular weight excluding hydrogens is 1260 g/mol. The van der Waals surface area contributed by atoms with Crippen LogP contribution in [-0.4, -0.2) is 262 Å². The average molecular weight is 1380 g/mol. The summed E-state index contributed by atoms with van der Waals surface area (Å²) in [6, 6.07) is -2.70. The van der Waals surface area contributed by atoms with Gasteiger partial charge < -0.3 is 125 Å². The summed E-state index contributed by atoms with van der Waals surface area (Å²) in [6.07, 6.45) is -5.01. The molecule has 2 amide bonds. The van der Waals surface area contributed by atoms with E-state index in [9.17, 15) is 90.7 Å². The minimum atomic E-state index is -3.26. The third-order valence-electron chi connectivity index (χ3n) is 18.8. The number of carbonyl (C=O) groups excluding carboxylic acids is 3. The number of Topliss-reactive ketones (excluding diaryl/α,β-unsaturated/α-hetero) is 1. The predicted octanol–water partition coefficient (Wildman–Crippen LogP) is 2.22. The van der Waals surface area contributed by atoms with E-state index in [1.54, 1.807) is 0 Å². The summed E-state index contributed by atoms with van der Waals surface area (Å²) in [4.78, 5) is 52.0. The zero-order valence-corrected chi connectivity index (χ0v) is 57.3. The molecule has 4 saturated heterocycles. The third kappa shape index (κ3) is 27.7. The molecule has 0 saturated carbocycles. The quantitative estimate of drug-likeness (QED) is 0.0307. The molecule has 16 N–H and O–H groups in total. The molecular formula is C68H122N2O26. The second kappa shape index (κ2) is 46.5. The minimum Gasteiger partial charge on any atom is -0.477 e. The van der Waals surface area contributed by atoms with Gasteiger partial charge in [0.25, 0.3) is 5.79 Å². The maximum absolute atomic E-state index is 13.6. The minimum absolute atomic E-state index is 0.175. The van der Waals surface area contributed by atoms with Gasteiger partial charge in [-0.2, -0.15) is 0 Å². The molecule has 4 fully saturated rings. The van der Waals surface area contributed by atoms with E-state index in [2.05, 4.69) is 36.6 Å². The fraction of sp³-hybridized carbons (Fsp3) is 0.912. The van der Waals surface area contributed by atoms with Gasteiger partial charge in [0.2, 0.25) is 11.8 Å². The molecule has 4 aliphatic rings. The lowest BCUT2D eigenvalue weighted by molar-refractivity contribution is -0.403. The number of allylic oxidation sites excluding steroid dienone is 2. The lowest BCUT2D eigenvalue weighted by Gasteiger charge is -2.52. The number of aliphatic carboxylic acids is 1. The van der Waals surface area contributed by atoms with Crippen molar-refractivity contribution in [3.63, 3.8) is 0 Å². The van der Waals surface area contributed by atoms with Gasteiger partial charge in [-0.25, -0.2) is 4.79 Å². The number of aliphatic hydroxyl groups is 13. The Morgan fingerprint density at radius 1 is 0.562 bits per heavy atom. The Balaban J connectivity index is 1.54. The number of rotatable bonds is 50. The number of ether oxygens (including phenoxy) is 8. The number of carboxylic acids is 1. The largest absolute Gasteiger partial charge is 0.477 e. The second-order valence-corrected chi connectivity index (χ2v) is 26.8. The van der Waals surface area contributed by atoms with Crippen LogP contribution in [0.25, 0.3) is 0 Å². The van der Waals surface area contributed by atoms with Gasteiger partial charge in [-0.15, -0.1) is 0 Å². The maximum Gasteiger partial charge on any atom is 0.364 e. The highest BCUT2D eigenvalue weighted by Crippen LogP contribution is 2.41. The maximum atomic E-state index is 13.6. The van der Waals surface area contributed by atoms with E-state index >= 15 is 0 Å². The lowest BCUT2D eigenvalue weighted by Crippen LogP contribution is -2.71. The molecule has 0 spiro atoms. The Bertz CT molecular complexity index is 2170. The van der Waals surface area contributed by atoms with Gasteiger partial charge in [0.1, 0.15) is 85.1 Å². The fourth-order valence-electron chi connectivity index (χ4n) is 13.1. The monoisotopic (exact) mass is 1380 g/mol. The van der Waals surface area contributed by atoms with Crippen molar-refractivity contribution in [2.24, 2.45) is 5.92 Å². The first-order valence-corrected chi connectivity index (χ1v) is 35.8. The number of unbranched alkanes of at least 4 members (excludes halogenated alkanes) is 23. The standard InChI is InChI=1S/C68H122N2O26/c1-5-7-9-11-13-15-17-19-20-22-24-26-28-30-32-34-52(80)70-45(46(77)33-31-29-27-25-23-21-18-16-14-12-10-8-6-2)41-89-65-58(85)57(84)60(50(39-73)91-65)93-66-59(86)63(61(51(40-74)92-66)94-64-44(35-42(3)75)54(81)56(83)49(38-72)90-64)96-68(67(87)88)36-47(78)53(69-43(4)76)62(95-68)55(82)48(79)37-71/h19-20,44-51,53-66,71-74,77-79,81-86H,5-18,21-41H2,1-4H3,(H,69,76)(H,70,80)(H,87,88). The summed E-state index contributed by atoms with van der Waals surface area (Å²) in [7, 11) is 0. The number of amides is 2. The van der Waals surface area contributed by atoms with Crippen molar-refractivity contribution in [2.45, 2.75) is 355 Å². The van der Waals surface area contributed by atoms with E-state index in [4.69, 9.17) is 37.9 Å². The normalized spacial score (nSPS) is 32.4. The summed E-state index contributed by atoms with van der Waals surface area (Å²) in [6.45, 7) is 1.97. The molecule has 28 heteroatoms. The number of carboxylic acid groups (broad SMARTS) is 1. The van der Waals surface area contributed by atoms with E-state index < -0.39 is 204 Å². The summed E-state index contributed by atoms with van der Waals surface area (Å²) in [5.41, 5.74) is 0. The Morgan fingerprint density at radius 2 is 1.06 bits per heavy atom. The molecule has 4 aliphatic heterocycles. The van der Waals surface area contributed by atoms with Gasteiger partial charge in [-0.1, -0.05) is 161 Å². The number of aliphatic hydroxyl groups excluding tert-OH is 13. The van der Waals surface area contributed by atoms with Gasteiger partial charge in [0.05, 0.1) is 63.4 Å².